The Hall–Kier alpha value is -0.710. The third-order valence-electron chi connectivity index (χ3n) is 4.03. The minimum atomic E-state index is -0.716. The molecule has 0 radical (unpaired) electrons. The zero-order valence-electron chi connectivity index (χ0n) is 13.4. The number of aliphatic carboxylic acids is 1. The van der Waals surface area contributed by atoms with Crippen molar-refractivity contribution in [1.82, 2.24) is 4.90 Å². The molecule has 1 N–H and O–H groups in total. The number of amides is 1. The molecule has 0 aromatic heterocycles. The number of carboxylic acids is 1. The van der Waals surface area contributed by atoms with Crippen LogP contribution in [0.15, 0.2) is 0 Å². The Morgan fingerprint density at radius 2 is 1.71 bits per heavy atom. The maximum Gasteiger partial charge on any atom is 0.303 e. The fourth-order valence-electron chi connectivity index (χ4n) is 2.38. The van der Waals surface area contributed by atoms with Crippen LogP contribution in [0, 0.1) is 5.41 Å². The van der Waals surface area contributed by atoms with E-state index in [4.69, 9.17) is 5.11 Å². The Morgan fingerprint density at radius 1 is 1.14 bits per heavy atom. The minimum absolute atomic E-state index is 0.0194. The summed E-state index contributed by atoms with van der Waals surface area (Å²) in [5, 5.41) is 8.90. The number of carbonyl (C=O) groups is 2. The maximum atomic E-state index is 12.3. The van der Waals surface area contributed by atoms with Crippen molar-refractivity contribution in [2.75, 3.05) is 24.6 Å². The second kappa shape index (κ2) is 9.34. The SMILES string of the molecule is CCCCN(CCCC)C(=O)CSCC1(CC(=O)O)CC1. The van der Waals surface area contributed by atoms with Gasteiger partial charge in [0, 0.05) is 13.1 Å². The van der Waals surface area contributed by atoms with Crippen molar-refractivity contribution < 1.29 is 14.7 Å². The fourth-order valence-corrected chi connectivity index (χ4v) is 3.66. The monoisotopic (exact) mass is 315 g/mol. The molecule has 0 heterocycles. The van der Waals surface area contributed by atoms with E-state index in [0.29, 0.717) is 5.75 Å². The van der Waals surface area contributed by atoms with Crippen LogP contribution in [-0.4, -0.2) is 46.5 Å². The summed E-state index contributed by atoms with van der Waals surface area (Å²) in [7, 11) is 0. The Morgan fingerprint density at radius 3 is 2.14 bits per heavy atom. The van der Waals surface area contributed by atoms with Crippen LogP contribution in [0.3, 0.4) is 0 Å². The number of carboxylic acid groups (broad SMARTS) is 1. The third-order valence-corrected chi connectivity index (χ3v) is 5.30. The van der Waals surface area contributed by atoms with E-state index < -0.39 is 5.97 Å². The average Bonchev–Trinajstić information content (AvgIpc) is 3.17. The lowest BCUT2D eigenvalue weighted by Gasteiger charge is -2.22. The molecule has 0 atom stereocenters. The van der Waals surface area contributed by atoms with Gasteiger partial charge in [0.25, 0.3) is 0 Å². The molecule has 1 aliphatic carbocycles. The van der Waals surface area contributed by atoms with E-state index in [2.05, 4.69) is 13.8 Å². The highest BCUT2D eigenvalue weighted by atomic mass is 32.2. The molecule has 0 saturated heterocycles. The second-order valence-electron chi connectivity index (χ2n) is 6.15. The van der Waals surface area contributed by atoms with E-state index >= 15 is 0 Å². The van der Waals surface area contributed by atoms with Gasteiger partial charge in [-0.25, -0.2) is 0 Å². The molecular formula is C16H29NO3S. The molecular weight excluding hydrogens is 286 g/mol. The molecule has 1 aliphatic rings. The Bertz CT molecular complexity index is 334. The summed E-state index contributed by atoms with van der Waals surface area (Å²) in [6.45, 7) is 5.99. The highest BCUT2D eigenvalue weighted by molar-refractivity contribution is 7.99. The highest BCUT2D eigenvalue weighted by Crippen LogP contribution is 2.50. The molecule has 1 amide bonds. The number of rotatable bonds is 12. The lowest BCUT2D eigenvalue weighted by Crippen LogP contribution is -2.34. The average molecular weight is 315 g/mol. The predicted molar refractivity (Wildman–Crippen MR) is 87.6 cm³/mol. The van der Waals surface area contributed by atoms with Crippen molar-refractivity contribution in [2.45, 2.75) is 58.8 Å². The number of unbranched alkanes of at least 4 members (excludes halogenated alkanes) is 2. The number of carbonyl (C=O) groups excluding carboxylic acids is 1. The van der Waals surface area contributed by atoms with E-state index in [0.717, 1.165) is 57.4 Å². The van der Waals surface area contributed by atoms with Gasteiger partial charge in [0.05, 0.1) is 12.2 Å². The van der Waals surface area contributed by atoms with Gasteiger partial charge in [0.2, 0.25) is 5.91 Å². The zero-order valence-corrected chi connectivity index (χ0v) is 14.2. The fraction of sp³-hybridized carbons (Fsp3) is 0.875. The van der Waals surface area contributed by atoms with Gasteiger partial charge < -0.3 is 10.0 Å². The molecule has 0 bridgehead atoms. The maximum absolute atomic E-state index is 12.3. The molecule has 1 fully saturated rings. The largest absolute Gasteiger partial charge is 0.481 e. The van der Waals surface area contributed by atoms with Crippen LogP contribution < -0.4 is 0 Å². The van der Waals surface area contributed by atoms with E-state index in [1.54, 1.807) is 11.8 Å². The summed E-state index contributed by atoms with van der Waals surface area (Å²) >= 11 is 1.61. The molecule has 21 heavy (non-hydrogen) atoms. The normalized spacial score (nSPS) is 15.7. The molecule has 5 heteroatoms. The smallest absolute Gasteiger partial charge is 0.303 e. The minimum Gasteiger partial charge on any atom is -0.481 e. The first-order chi connectivity index (χ1) is 10.0. The number of thioether (sulfide) groups is 1. The summed E-state index contributed by atoms with van der Waals surface area (Å²) in [4.78, 5) is 25.1. The molecule has 122 valence electrons. The van der Waals surface area contributed by atoms with Gasteiger partial charge in [-0.1, -0.05) is 26.7 Å². The van der Waals surface area contributed by atoms with E-state index in [1.165, 1.54) is 0 Å². The highest BCUT2D eigenvalue weighted by Gasteiger charge is 2.44. The van der Waals surface area contributed by atoms with Crippen molar-refractivity contribution in [2.24, 2.45) is 5.41 Å². The van der Waals surface area contributed by atoms with Crippen LogP contribution in [0.5, 0.6) is 0 Å². The van der Waals surface area contributed by atoms with Crippen molar-refractivity contribution in [3.63, 3.8) is 0 Å². The molecule has 1 rings (SSSR count). The van der Waals surface area contributed by atoms with Crippen molar-refractivity contribution in [3.05, 3.63) is 0 Å². The summed E-state index contributed by atoms with van der Waals surface area (Å²) in [5.41, 5.74) is -0.0194. The molecule has 0 aromatic carbocycles. The Labute approximate surface area is 132 Å². The lowest BCUT2D eigenvalue weighted by molar-refractivity contribution is -0.138. The van der Waals surface area contributed by atoms with Crippen LogP contribution in [0.25, 0.3) is 0 Å². The first-order valence-electron chi connectivity index (χ1n) is 8.10. The van der Waals surface area contributed by atoms with Crippen LogP contribution >= 0.6 is 11.8 Å². The Kier molecular flexibility index (Phi) is 8.15. The van der Waals surface area contributed by atoms with E-state index in [9.17, 15) is 9.59 Å². The third kappa shape index (κ3) is 7.21. The standard InChI is InChI=1S/C16H29NO3S/c1-3-5-9-17(10-6-4-2)14(18)12-21-13-16(7-8-16)11-15(19)20/h3-13H2,1-2H3,(H,19,20). The molecule has 0 spiro atoms. The van der Waals surface area contributed by atoms with Crippen molar-refractivity contribution in [3.8, 4) is 0 Å². The number of nitrogens with zero attached hydrogens (tertiary/aromatic N) is 1. The predicted octanol–water partition coefficient (Wildman–Crippen LogP) is 3.40. The topological polar surface area (TPSA) is 57.6 Å². The molecule has 0 aliphatic heterocycles. The zero-order chi connectivity index (χ0) is 15.7. The van der Waals surface area contributed by atoms with Gasteiger partial charge in [-0.05, 0) is 36.9 Å². The number of hydrogen-bond acceptors (Lipinski definition) is 3. The van der Waals surface area contributed by atoms with Crippen LogP contribution in [-0.2, 0) is 9.59 Å². The lowest BCUT2D eigenvalue weighted by atomic mass is 10.1. The van der Waals surface area contributed by atoms with Gasteiger partial charge in [-0.2, -0.15) is 11.8 Å². The van der Waals surface area contributed by atoms with Gasteiger partial charge in [0.1, 0.15) is 0 Å². The molecule has 0 aromatic rings. The summed E-state index contributed by atoms with van der Waals surface area (Å²) in [6.07, 6.45) is 6.57. The van der Waals surface area contributed by atoms with Gasteiger partial charge in [-0.3, -0.25) is 9.59 Å². The first-order valence-corrected chi connectivity index (χ1v) is 9.26. The van der Waals surface area contributed by atoms with Crippen molar-refractivity contribution in [1.29, 1.82) is 0 Å². The van der Waals surface area contributed by atoms with Gasteiger partial charge in [0.15, 0.2) is 0 Å². The van der Waals surface area contributed by atoms with E-state index in [1.807, 2.05) is 4.90 Å². The second-order valence-corrected chi connectivity index (χ2v) is 7.14. The Balaban J connectivity index is 2.30. The van der Waals surface area contributed by atoms with Crippen molar-refractivity contribution >= 4 is 23.6 Å². The molecule has 4 nitrogen and oxygen atoms in total. The van der Waals surface area contributed by atoms with E-state index in [-0.39, 0.29) is 17.7 Å². The number of hydrogen-bond donors (Lipinski definition) is 1. The quantitative estimate of drug-likeness (QED) is 0.599. The summed E-state index contributed by atoms with van der Waals surface area (Å²) in [5.74, 6) is 0.801. The summed E-state index contributed by atoms with van der Waals surface area (Å²) in [6, 6.07) is 0. The van der Waals surface area contributed by atoms with Crippen LogP contribution in [0.1, 0.15) is 58.8 Å². The summed E-state index contributed by atoms with van der Waals surface area (Å²) < 4.78 is 0. The van der Waals surface area contributed by atoms with Crippen LogP contribution in [0.4, 0.5) is 0 Å². The first kappa shape index (κ1) is 18.3. The van der Waals surface area contributed by atoms with Gasteiger partial charge >= 0.3 is 5.97 Å². The molecule has 1 saturated carbocycles. The molecule has 0 unspecified atom stereocenters. The van der Waals surface area contributed by atoms with Gasteiger partial charge in [-0.15, -0.1) is 0 Å². The van der Waals surface area contributed by atoms with Crippen LogP contribution in [0.2, 0.25) is 0 Å².